The number of benzene rings is 1. The monoisotopic (exact) mass is 443 g/mol. The Balaban J connectivity index is 1.85. The molecule has 1 aliphatic heterocycles. The fourth-order valence-corrected chi connectivity index (χ4v) is 4.60. The molecule has 170 valence electrons. The van der Waals surface area contributed by atoms with E-state index >= 15 is 0 Å². The number of ether oxygens (including phenoxy) is 1. The quantitative estimate of drug-likeness (QED) is 0.536. The highest BCUT2D eigenvalue weighted by Crippen LogP contribution is 2.48. The molecule has 3 rings (SSSR count). The summed E-state index contributed by atoms with van der Waals surface area (Å²) in [6, 6.07) is 5.59. The summed E-state index contributed by atoms with van der Waals surface area (Å²) in [5.74, 6) is -3.59. The minimum absolute atomic E-state index is 0.202. The van der Waals surface area contributed by atoms with Crippen molar-refractivity contribution >= 4 is 18.0 Å². The Hall–Kier alpha value is -2.82. The zero-order valence-corrected chi connectivity index (χ0v) is 17.2. The third kappa shape index (κ3) is 4.32. The van der Waals surface area contributed by atoms with Gasteiger partial charge in [-0.25, -0.2) is 9.59 Å². The van der Waals surface area contributed by atoms with Gasteiger partial charge in [0.1, 0.15) is 12.3 Å². The van der Waals surface area contributed by atoms with E-state index in [4.69, 9.17) is 0 Å². The molecule has 1 aliphatic carbocycles. The molecule has 1 saturated carbocycles. The summed E-state index contributed by atoms with van der Waals surface area (Å²) in [6.45, 7) is -0.0600. The number of urea groups is 1. The van der Waals surface area contributed by atoms with E-state index in [1.54, 1.807) is 6.07 Å². The van der Waals surface area contributed by atoms with Gasteiger partial charge in [-0.3, -0.25) is 9.69 Å². The maximum atomic E-state index is 12.6. The van der Waals surface area contributed by atoms with Crippen LogP contribution in [0.2, 0.25) is 0 Å². The summed E-state index contributed by atoms with van der Waals surface area (Å²) in [7, 11) is 3.69. The van der Waals surface area contributed by atoms with E-state index in [0.717, 1.165) is 0 Å². The fourth-order valence-electron chi connectivity index (χ4n) is 4.60. The van der Waals surface area contributed by atoms with E-state index < -0.39 is 41.8 Å². The van der Waals surface area contributed by atoms with Crippen LogP contribution in [0, 0.1) is 0 Å². The number of hydrogen-bond acceptors (Lipinski definition) is 5. The molecule has 2 amide bonds. The summed E-state index contributed by atoms with van der Waals surface area (Å²) in [5.41, 5.74) is -0.524. The molecule has 0 atom stereocenters. The molecule has 8 nitrogen and oxygen atoms in total. The van der Waals surface area contributed by atoms with E-state index in [1.165, 1.54) is 23.1 Å². The van der Waals surface area contributed by atoms with Gasteiger partial charge in [0.15, 0.2) is 0 Å². The Morgan fingerprint density at radius 2 is 1.87 bits per heavy atom. The Bertz CT molecular complexity index is 879. The third-order valence-corrected chi connectivity index (χ3v) is 6.36. The molecule has 0 unspecified atom stereocenters. The maximum absolute atomic E-state index is 12.6. The van der Waals surface area contributed by atoms with Gasteiger partial charge < -0.3 is 20.1 Å². The van der Waals surface area contributed by atoms with Gasteiger partial charge >= 0.3 is 24.1 Å². The lowest BCUT2D eigenvalue weighted by Crippen LogP contribution is -2.56. The van der Waals surface area contributed by atoms with E-state index in [1.807, 2.05) is 19.0 Å². The second-order valence-corrected chi connectivity index (χ2v) is 8.20. The molecule has 0 aromatic heterocycles. The van der Waals surface area contributed by atoms with Crippen molar-refractivity contribution < 1.29 is 37.4 Å². The molecule has 1 aromatic rings. The average Bonchev–Trinajstić information content (AvgIpc) is 2.97. The number of carbonyl (C=O) groups excluding carboxylic acids is 2. The lowest BCUT2D eigenvalue weighted by molar-refractivity contribution is -0.189. The third-order valence-electron chi connectivity index (χ3n) is 6.36. The number of amides is 2. The average molecular weight is 443 g/mol. The lowest BCUT2D eigenvalue weighted by Gasteiger charge is -2.50. The number of halogens is 3. The molecular weight excluding hydrogens is 419 g/mol. The maximum Gasteiger partial charge on any atom is 0.491 e. The molecule has 11 heteroatoms. The normalized spacial score (nSPS) is 26.3. The molecule has 1 spiro atoms. The SMILES string of the molecule is CN(C)[C@]1(c2cccc(OC(=O)C(F)(F)F)c2)CC[C@]2(CC1)CNC(=O)N2CC(=O)O. The molecule has 2 N–H and O–H groups in total. The van der Waals surface area contributed by atoms with Crippen LogP contribution in [0.1, 0.15) is 31.2 Å². The van der Waals surface area contributed by atoms with Crippen LogP contribution < -0.4 is 10.1 Å². The van der Waals surface area contributed by atoms with Gasteiger partial charge in [0.05, 0.1) is 5.54 Å². The van der Waals surface area contributed by atoms with E-state index in [2.05, 4.69) is 10.1 Å². The lowest BCUT2D eigenvalue weighted by atomic mass is 9.68. The Kier molecular flexibility index (Phi) is 5.92. The van der Waals surface area contributed by atoms with Crippen LogP contribution in [0.4, 0.5) is 18.0 Å². The number of carbonyl (C=O) groups is 3. The predicted octanol–water partition coefficient (Wildman–Crippen LogP) is 2.33. The topological polar surface area (TPSA) is 99.2 Å². The molecule has 1 saturated heterocycles. The second-order valence-electron chi connectivity index (χ2n) is 8.20. The van der Waals surface area contributed by atoms with Crippen molar-refractivity contribution in [2.45, 2.75) is 42.9 Å². The largest absolute Gasteiger partial charge is 0.491 e. The van der Waals surface area contributed by atoms with Gasteiger partial charge in [0.2, 0.25) is 0 Å². The fraction of sp³-hybridized carbons (Fsp3) is 0.550. The highest BCUT2D eigenvalue weighted by molar-refractivity contribution is 5.83. The minimum atomic E-state index is -5.10. The van der Waals surface area contributed by atoms with Gasteiger partial charge in [0, 0.05) is 12.1 Å². The number of aliphatic carboxylic acids is 1. The number of hydrogen-bond donors (Lipinski definition) is 2. The molecular formula is C20H24F3N3O5. The number of alkyl halides is 3. The molecule has 1 aromatic carbocycles. The van der Waals surface area contributed by atoms with Crippen molar-refractivity contribution in [2.24, 2.45) is 0 Å². The van der Waals surface area contributed by atoms with E-state index in [-0.39, 0.29) is 5.75 Å². The summed E-state index contributed by atoms with van der Waals surface area (Å²) in [4.78, 5) is 37.9. The standard InChI is InChI=1S/C20H24F3N3O5/c1-25(2)19(13-4-3-5-14(10-13)31-16(29)20(21,22)23)8-6-18(7-9-19)12-24-17(30)26(18)11-15(27)28/h3-5,10H,6-9,11-12H2,1-2H3,(H,24,30)(H,27,28)/t18-,19+. The van der Waals surface area contributed by atoms with E-state index in [9.17, 15) is 32.7 Å². The Morgan fingerprint density at radius 3 is 2.42 bits per heavy atom. The van der Waals surface area contributed by atoms with Crippen LogP contribution in [0.3, 0.4) is 0 Å². The second kappa shape index (κ2) is 8.03. The van der Waals surface area contributed by atoms with Crippen LogP contribution in [0.5, 0.6) is 5.75 Å². The van der Waals surface area contributed by atoms with Crippen molar-refractivity contribution in [1.82, 2.24) is 15.1 Å². The minimum Gasteiger partial charge on any atom is -0.480 e. The zero-order chi connectivity index (χ0) is 23.0. The highest BCUT2D eigenvalue weighted by atomic mass is 19.4. The van der Waals surface area contributed by atoms with Gasteiger partial charge in [-0.1, -0.05) is 12.1 Å². The number of rotatable bonds is 5. The first-order valence-corrected chi connectivity index (χ1v) is 9.74. The number of esters is 1. The van der Waals surface area contributed by atoms with Crippen LogP contribution >= 0.6 is 0 Å². The van der Waals surface area contributed by atoms with Crippen LogP contribution in [0.25, 0.3) is 0 Å². The molecule has 31 heavy (non-hydrogen) atoms. The van der Waals surface area contributed by atoms with Gasteiger partial charge in [-0.05, 0) is 57.5 Å². The van der Waals surface area contributed by atoms with Crippen molar-refractivity contribution in [3.05, 3.63) is 29.8 Å². The number of carboxylic acid groups (broad SMARTS) is 1. The summed E-state index contributed by atoms with van der Waals surface area (Å²) in [6.07, 6.45) is -3.03. The summed E-state index contributed by atoms with van der Waals surface area (Å²) >= 11 is 0. The van der Waals surface area contributed by atoms with Gasteiger partial charge in [-0.15, -0.1) is 0 Å². The predicted molar refractivity (Wildman–Crippen MR) is 102 cm³/mol. The molecule has 0 bridgehead atoms. The Labute approximate surface area is 176 Å². The molecule has 2 aliphatic rings. The molecule has 0 radical (unpaired) electrons. The summed E-state index contributed by atoms with van der Waals surface area (Å²) in [5, 5.41) is 11.9. The zero-order valence-electron chi connectivity index (χ0n) is 17.2. The van der Waals surface area contributed by atoms with Gasteiger partial charge in [-0.2, -0.15) is 13.2 Å². The molecule has 1 heterocycles. The smallest absolute Gasteiger partial charge is 0.480 e. The Morgan fingerprint density at radius 1 is 1.23 bits per heavy atom. The van der Waals surface area contributed by atoms with Crippen LogP contribution in [-0.4, -0.2) is 71.8 Å². The number of nitrogens with one attached hydrogen (secondary N) is 1. The van der Waals surface area contributed by atoms with Crippen molar-refractivity contribution in [2.75, 3.05) is 27.2 Å². The van der Waals surface area contributed by atoms with Crippen LogP contribution in [-0.2, 0) is 15.1 Å². The number of carboxylic acids is 1. The van der Waals surface area contributed by atoms with Crippen molar-refractivity contribution in [3.8, 4) is 5.75 Å². The van der Waals surface area contributed by atoms with E-state index in [0.29, 0.717) is 37.8 Å². The first kappa shape index (κ1) is 22.9. The molecule has 2 fully saturated rings. The van der Waals surface area contributed by atoms with Crippen LogP contribution in [0.15, 0.2) is 24.3 Å². The van der Waals surface area contributed by atoms with Gasteiger partial charge in [0.25, 0.3) is 0 Å². The first-order chi connectivity index (χ1) is 14.4. The first-order valence-electron chi connectivity index (χ1n) is 9.74. The highest BCUT2D eigenvalue weighted by Gasteiger charge is 2.52. The van der Waals surface area contributed by atoms with Crippen molar-refractivity contribution in [1.29, 1.82) is 0 Å². The van der Waals surface area contributed by atoms with Crippen molar-refractivity contribution in [3.63, 3.8) is 0 Å². The summed E-state index contributed by atoms with van der Waals surface area (Å²) < 4.78 is 42.2. The number of nitrogens with zero attached hydrogens (tertiary/aromatic N) is 2.